The maximum Gasteiger partial charge on any atom is 0.335 e. The normalized spacial score (nSPS) is 11.0. The lowest BCUT2D eigenvalue weighted by atomic mass is 10.0. The second kappa shape index (κ2) is 8.37. The Balaban J connectivity index is 1.63. The fraction of sp³-hybridized carbons (Fsp3) is 0.0400. The Morgan fingerprint density at radius 1 is 1.00 bits per heavy atom. The molecule has 7 nitrogen and oxygen atoms in total. The number of hydrogen-bond acceptors (Lipinski definition) is 6. The molecule has 2 N–H and O–H groups in total. The second-order valence-electron chi connectivity index (χ2n) is 7.32. The van der Waals surface area contributed by atoms with Crippen molar-refractivity contribution in [1.29, 1.82) is 0 Å². The van der Waals surface area contributed by atoms with Gasteiger partial charge in [-0.3, -0.25) is 0 Å². The van der Waals surface area contributed by atoms with Gasteiger partial charge in [0.2, 0.25) is 5.95 Å². The minimum Gasteiger partial charge on any atom is -0.497 e. The lowest BCUT2D eigenvalue weighted by Gasteiger charge is -2.12. The van der Waals surface area contributed by atoms with E-state index in [1.165, 1.54) is 12.1 Å². The number of hydrogen-bond donors (Lipinski definition) is 2. The minimum absolute atomic E-state index is 0.206. The second-order valence-corrected chi connectivity index (χ2v) is 7.75. The van der Waals surface area contributed by atoms with Crippen molar-refractivity contribution in [1.82, 2.24) is 15.0 Å². The van der Waals surface area contributed by atoms with Crippen LogP contribution in [0.25, 0.3) is 33.1 Å². The van der Waals surface area contributed by atoms with Crippen LogP contribution in [0, 0.1) is 0 Å². The Morgan fingerprint density at radius 2 is 1.82 bits per heavy atom. The first-order valence-electron chi connectivity index (χ1n) is 10.0. The summed E-state index contributed by atoms with van der Waals surface area (Å²) in [5, 5.41) is 14.5. The molecule has 0 saturated heterocycles. The van der Waals surface area contributed by atoms with E-state index < -0.39 is 5.97 Å². The number of nitrogens with zero attached hydrogens (tertiary/aromatic N) is 3. The molecule has 8 heteroatoms. The number of anilines is 2. The molecule has 0 radical (unpaired) electrons. The van der Waals surface area contributed by atoms with Crippen LogP contribution >= 0.6 is 11.6 Å². The quantitative estimate of drug-likeness (QED) is 0.315. The van der Waals surface area contributed by atoms with Crippen LogP contribution in [0.15, 0.2) is 72.9 Å². The minimum atomic E-state index is -0.980. The van der Waals surface area contributed by atoms with Gasteiger partial charge in [0.15, 0.2) is 0 Å². The summed E-state index contributed by atoms with van der Waals surface area (Å²) in [6.07, 6.45) is 1.66. The summed E-state index contributed by atoms with van der Waals surface area (Å²) >= 11 is 6.32. The topological polar surface area (TPSA) is 97.2 Å². The monoisotopic (exact) mass is 456 g/mol. The number of carbonyl (C=O) groups is 1. The number of rotatable bonds is 5. The number of aromatic nitrogens is 3. The summed E-state index contributed by atoms with van der Waals surface area (Å²) in [6, 6.07) is 19.7. The third kappa shape index (κ3) is 4.02. The van der Waals surface area contributed by atoms with Crippen LogP contribution in [0.4, 0.5) is 11.6 Å². The van der Waals surface area contributed by atoms with Gasteiger partial charge in [-0.2, -0.15) is 0 Å². The highest BCUT2D eigenvalue weighted by Crippen LogP contribution is 2.34. The largest absolute Gasteiger partial charge is 0.497 e. The molecule has 2 aromatic heterocycles. The van der Waals surface area contributed by atoms with Crippen molar-refractivity contribution in [2.24, 2.45) is 0 Å². The third-order valence-electron chi connectivity index (χ3n) is 5.22. The van der Waals surface area contributed by atoms with Crippen LogP contribution in [-0.4, -0.2) is 33.1 Å². The predicted molar refractivity (Wildman–Crippen MR) is 129 cm³/mol. The fourth-order valence-corrected chi connectivity index (χ4v) is 3.80. The Hall–Kier alpha value is -4.23. The van der Waals surface area contributed by atoms with Gasteiger partial charge < -0.3 is 15.2 Å². The van der Waals surface area contributed by atoms with Gasteiger partial charge in [-0.25, -0.2) is 19.7 Å². The maximum atomic E-state index is 11.1. The van der Waals surface area contributed by atoms with Gasteiger partial charge in [0.05, 0.1) is 24.6 Å². The highest BCUT2D eigenvalue weighted by Gasteiger charge is 2.14. The van der Waals surface area contributed by atoms with Gasteiger partial charge in [-0.15, -0.1) is 0 Å². The molecule has 2 heterocycles. The summed E-state index contributed by atoms with van der Waals surface area (Å²) < 4.78 is 5.37. The molecule has 33 heavy (non-hydrogen) atoms. The number of carboxylic acids is 1. The SMILES string of the molecule is COc1cccc(-c2nc3cnc(Nc4ccc(C(=O)O)cc4)nc3c3ccc(Cl)cc23)c1. The molecular formula is C25H17ClN4O3. The van der Waals surface area contributed by atoms with Gasteiger partial charge >= 0.3 is 5.97 Å². The van der Waals surface area contributed by atoms with Crippen LogP contribution in [0.2, 0.25) is 5.02 Å². The van der Waals surface area contributed by atoms with E-state index in [1.807, 2.05) is 42.5 Å². The highest BCUT2D eigenvalue weighted by atomic mass is 35.5. The predicted octanol–water partition coefficient (Wildman–Crippen LogP) is 5.95. The van der Waals surface area contributed by atoms with E-state index in [2.05, 4.69) is 15.3 Å². The molecule has 0 spiro atoms. The van der Waals surface area contributed by atoms with Crippen molar-refractivity contribution < 1.29 is 14.6 Å². The Morgan fingerprint density at radius 3 is 2.58 bits per heavy atom. The van der Waals surface area contributed by atoms with Crippen molar-refractivity contribution in [2.75, 3.05) is 12.4 Å². The van der Waals surface area contributed by atoms with Crippen molar-refractivity contribution >= 4 is 51.0 Å². The zero-order valence-electron chi connectivity index (χ0n) is 17.4. The van der Waals surface area contributed by atoms with Crippen LogP contribution in [0.3, 0.4) is 0 Å². The molecule has 5 rings (SSSR count). The smallest absolute Gasteiger partial charge is 0.335 e. The molecule has 3 aromatic carbocycles. The summed E-state index contributed by atoms with van der Waals surface area (Å²) in [5.74, 6) is 0.124. The molecule has 0 aliphatic rings. The van der Waals surface area contributed by atoms with E-state index in [9.17, 15) is 4.79 Å². The molecule has 0 aliphatic carbocycles. The fourth-order valence-electron chi connectivity index (χ4n) is 3.63. The summed E-state index contributed by atoms with van der Waals surface area (Å²) in [4.78, 5) is 25.0. The molecule has 0 aliphatic heterocycles. The summed E-state index contributed by atoms with van der Waals surface area (Å²) in [5.41, 5.74) is 3.84. The van der Waals surface area contributed by atoms with Gasteiger partial charge in [0.25, 0.3) is 0 Å². The van der Waals surface area contributed by atoms with Crippen molar-refractivity contribution in [3.05, 3.63) is 83.5 Å². The van der Waals surface area contributed by atoms with Crippen LogP contribution in [-0.2, 0) is 0 Å². The zero-order chi connectivity index (χ0) is 22.9. The maximum absolute atomic E-state index is 11.1. The average Bonchev–Trinajstić information content (AvgIpc) is 2.84. The number of carboxylic acid groups (broad SMARTS) is 1. The van der Waals surface area contributed by atoms with Crippen LogP contribution in [0.5, 0.6) is 5.75 Å². The van der Waals surface area contributed by atoms with Crippen LogP contribution in [0.1, 0.15) is 10.4 Å². The highest BCUT2D eigenvalue weighted by molar-refractivity contribution is 6.31. The van der Waals surface area contributed by atoms with Crippen molar-refractivity contribution in [2.45, 2.75) is 0 Å². The number of pyridine rings is 1. The first-order chi connectivity index (χ1) is 16.0. The molecule has 0 bridgehead atoms. The third-order valence-corrected chi connectivity index (χ3v) is 5.46. The number of ether oxygens (including phenoxy) is 1. The number of methoxy groups -OCH3 is 1. The zero-order valence-corrected chi connectivity index (χ0v) is 18.2. The Labute approximate surface area is 193 Å². The first kappa shape index (κ1) is 20.7. The van der Waals surface area contributed by atoms with E-state index in [0.29, 0.717) is 27.7 Å². The number of fused-ring (bicyclic) bond motifs is 3. The number of halogens is 1. The van der Waals surface area contributed by atoms with E-state index >= 15 is 0 Å². The van der Waals surface area contributed by atoms with Gasteiger partial charge in [0.1, 0.15) is 16.8 Å². The van der Waals surface area contributed by atoms with E-state index in [0.717, 1.165) is 27.8 Å². The lowest BCUT2D eigenvalue weighted by molar-refractivity contribution is 0.0697. The Bertz CT molecular complexity index is 1520. The lowest BCUT2D eigenvalue weighted by Crippen LogP contribution is -2.00. The van der Waals surface area contributed by atoms with Crippen molar-refractivity contribution in [3.63, 3.8) is 0 Å². The summed E-state index contributed by atoms with van der Waals surface area (Å²) in [6.45, 7) is 0. The average molecular weight is 457 g/mol. The Kier molecular flexibility index (Phi) is 5.24. The molecule has 0 unspecified atom stereocenters. The van der Waals surface area contributed by atoms with Crippen LogP contribution < -0.4 is 10.1 Å². The summed E-state index contributed by atoms with van der Waals surface area (Å²) in [7, 11) is 1.62. The number of aromatic carboxylic acids is 1. The van der Waals surface area contributed by atoms with Gasteiger partial charge in [0, 0.05) is 27.0 Å². The number of benzene rings is 3. The van der Waals surface area contributed by atoms with E-state index in [4.69, 9.17) is 26.4 Å². The molecule has 0 fully saturated rings. The van der Waals surface area contributed by atoms with E-state index in [-0.39, 0.29) is 5.56 Å². The van der Waals surface area contributed by atoms with Gasteiger partial charge in [-0.1, -0.05) is 29.8 Å². The molecular weight excluding hydrogens is 440 g/mol. The molecule has 0 saturated carbocycles. The van der Waals surface area contributed by atoms with E-state index in [1.54, 1.807) is 25.4 Å². The molecule has 5 aromatic rings. The number of nitrogens with one attached hydrogen (secondary N) is 1. The first-order valence-corrected chi connectivity index (χ1v) is 10.4. The van der Waals surface area contributed by atoms with Gasteiger partial charge in [-0.05, 0) is 48.5 Å². The molecule has 162 valence electrons. The molecule has 0 amide bonds. The van der Waals surface area contributed by atoms with Crippen molar-refractivity contribution in [3.8, 4) is 17.0 Å². The molecule has 0 atom stereocenters. The standard InChI is InChI=1S/C25H17ClN4O3/c1-33-18-4-2-3-15(11-18)22-20-12-16(26)7-10-19(20)23-21(29-22)13-27-25(30-23)28-17-8-5-14(6-9-17)24(31)32/h2-13H,1H3,(H,31,32)(H,27,28,30).